The van der Waals surface area contributed by atoms with Crippen LogP contribution in [0.5, 0.6) is 0 Å². The first-order valence-electron chi connectivity index (χ1n) is 9.03. The normalized spacial score (nSPS) is 15.2. The van der Waals surface area contributed by atoms with Crippen LogP contribution in [-0.2, 0) is 24.0 Å². The average molecular weight is 435 g/mol. The Hall–Kier alpha value is -2.34. The smallest absolute Gasteiger partial charge is 0.326 e. The molecule has 166 valence electrons. The SMILES string of the molecule is CC(C)C(N)C(=O)NC(C(=O)NC(CS)C(=O)NC(CC(=O)O)C(=O)O)C(C)C. The average Bonchev–Trinajstić information content (AvgIpc) is 2.61. The minimum atomic E-state index is -1.66. The third-order valence-corrected chi connectivity index (χ3v) is 4.44. The molecule has 0 fully saturated rings. The third-order valence-electron chi connectivity index (χ3n) is 4.08. The highest BCUT2D eigenvalue weighted by Gasteiger charge is 2.32. The number of carboxylic acids is 2. The molecule has 0 heterocycles. The predicted molar refractivity (Wildman–Crippen MR) is 107 cm³/mol. The molecule has 0 radical (unpaired) electrons. The number of carbonyl (C=O) groups excluding carboxylic acids is 3. The van der Waals surface area contributed by atoms with Gasteiger partial charge in [0.25, 0.3) is 0 Å². The summed E-state index contributed by atoms with van der Waals surface area (Å²) in [5, 5.41) is 24.8. The van der Waals surface area contributed by atoms with Crippen molar-refractivity contribution in [3.8, 4) is 0 Å². The second-order valence-corrected chi connectivity index (χ2v) is 7.61. The summed E-state index contributed by atoms with van der Waals surface area (Å²) in [6.07, 6.45) is -0.827. The van der Waals surface area contributed by atoms with Gasteiger partial charge in [0, 0.05) is 5.75 Å². The Kier molecular flexibility index (Phi) is 11.3. The van der Waals surface area contributed by atoms with E-state index in [2.05, 4.69) is 28.6 Å². The number of amides is 3. The van der Waals surface area contributed by atoms with Crippen molar-refractivity contribution in [2.75, 3.05) is 5.75 Å². The fourth-order valence-electron chi connectivity index (χ4n) is 2.19. The van der Waals surface area contributed by atoms with Crippen molar-refractivity contribution in [1.82, 2.24) is 16.0 Å². The topological polar surface area (TPSA) is 188 Å². The van der Waals surface area contributed by atoms with Crippen LogP contribution in [0.25, 0.3) is 0 Å². The highest BCUT2D eigenvalue weighted by Crippen LogP contribution is 2.06. The van der Waals surface area contributed by atoms with Crippen molar-refractivity contribution in [1.29, 1.82) is 0 Å². The lowest BCUT2D eigenvalue weighted by Gasteiger charge is -2.27. The zero-order chi connectivity index (χ0) is 22.9. The Morgan fingerprint density at radius 2 is 1.34 bits per heavy atom. The molecule has 29 heavy (non-hydrogen) atoms. The van der Waals surface area contributed by atoms with Crippen molar-refractivity contribution >= 4 is 42.3 Å². The molecule has 0 saturated carbocycles. The summed E-state index contributed by atoms with van der Waals surface area (Å²) in [6, 6.07) is -4.71. The van der Waals surface area contributed by atoms with Crippen LogP contribution >= 0.6 is 12.6 Å². The zero-order valence-corrected chi connectivity index (χ0v) is 17.7. The molecule has 0 aliphatic carbocycles. The number of nitrogens with one attached hydrogen (secondary N) is 3. The molecule has 4 unspecified atom stereocenters. The van der Waals surface area contributed by atoms with E-state index in [1.807, 2.05) is 0 Å². The molecule has 0 spiro atoms. The van der Waals surface area contributed by atoms with Gasteiger partial charge in [0.05, 0.1) is 12.5 Å². The fraction of sp³-hybridized carbons (Fsp3) is 0.706. The van der Waals surface area contributed by atoms with Crippen LogP contribution < -0.4 is 21.7 Å². The van der Waals surface area contributed by atoms with E-state index in [-0.39, 0.29) is 17.6 Å². The Bertz CT molecular complexity index is 627. The molecule has 4 atom stereocenters. The Labute approximate surface area is 174 Å². The van der Waals surface area contributed by atoms with Gasteiger partial charge in [0.1, 0.15) is 18.1 Å². The van der Waals surface area contributed by atoms with E-state index in [9.17, 15) is 24.0 Å². The predicted octanol–water partition coefficient (Wildman–Crippen LogP) is -1.43. The third kappa shape index (κ3) is 9.13. The largest absolute Gasteiger partial charge is 0.481 e. The Morgan fingerprint density at radius 3 is 1.72 bits per heavy atom. The number of carbonyl (C=O) groups is 5. The lowest BCUT2D eigenvalue weighted by molar-refractivity contribution is -0.147. The molecule has 11 nitrogen and oxygen atoms in total. The second kappa shape index (κ2) is 12.3. The van der Waals surface area contributed by atoms with Gasteiger partial charge in [-0.15, -0.1) is 0 Å². The number of carboxylic acid groups (broad SMARTS) is 2. The number of hydrogen-bond donors (Lipinski definition) is 7. The Morgan fingerprint density at radius 1 is 0.828 bits per heavy atom. The van der Waals surface area contributed by atoms with E-state index in [1.165, 1.54) is 0 Å². The fourth-order valence-corrected chi connectivity index (χ4v) is 2.45. The van der Waals surface area contributed by atoms with E-state index >= 15 is 0 Å². The van der Waals surface area contributed by atoms with Gasteiger partial charge in [-0.2, -0.15) is 12.6 Å². The van der Waals surface area contributed by atoms with Gasteiger partial charge < -0.3 is 31.9 Å². The van der Waals surface area contributed by atoms with Crippen LogP contribution in [0.4, 0.5) is 0 Å². The van der Waals surface area contributed by atoms with E-state index in [0.717, 1.165) is 0 Å². The van der Waals surface area contributed by atoms with Crippen molar-refractivity contribution in [2.45, 2.75) is 58.3 Å². The maximum atomic E-state index is 12.6. The summed E-state index contributed by atoms with van der Waals surface area (Å²) in [7, 11) is 0. The van der Waals surface area contributed by atoms with Gasteiger partial charge in [0.15, 0.2) is 0 Å². The van der Waals surface area contributed by atoms with Crippen LogP contribution in [0.3, 0.4) is 0 Å². The van der Waals surface area contributed by atoms with Crippen LogP contribution in [0.2, 0.25) is 0 Å². The lowest BCUT2D eigenvalue weighted by atomic mass is 10.00. The molecule has 3 amide bonds. The first-order valence-corrected chi connectivity index (χ1v) is 9.67. The van der Waals surface area contributed by atoms with Gasteiger partial charge in [-0.25, -0.2) is 4.79 Å². The molecule has 0 saturated heterocycles. The maximum Gasteiger partial charge on any atom is 0.326 e. The van der Waals surface area contributed by atoms with Gasteiger partial charge in [0.2, 0.25) is 17.7 Å². The van der Waals surface area contributed by atoms with Crippen LogP contribution in [0, 0.1) is 11.8 Å². The molecule has 12 heteroatoms. The molecule has 0 aromatic carbocycles. The van der Waals surface area contributed by atoms with E-state index in [4.69, 9.17) is 15.9 Å². The van der Waals surface area contributed by atoms with Crippen LogP contribution in [0.1, 0.15) is 34.1 Å². The number of nitrogens with two attached hydrogens (primary N) is 1. The van der Waals surface area contributed by atoms with Crippen molar-refractivity contribution in [3.63, 3.8) is 0 Å². The molecular formula is C17H30N4O7S. The Balaban J connectivity index is 5.20. The molecule has 0 aliphatic rings. The molecular weight excluding hydrogens is 404 g/mol. The molecule has 0 aromatic heterocycles. The van der Waals surface area contributed by atoms with Crippen LogP contribution in [0.15, 0.2) is 0 Å². The maximum absolute atomic E-state index is 12.6. The van der Waals surface area contributed by atoms with E-state index in [0.29, 0.717) is 0 Å². The van der Waals surface area contributed by atoms with Gasteiger partial charge >= 0.3 is 11.9 Å². The molecule has 0 bridgehead atoms. The van der Waals surface area contributed by atoms with Gasteiger partial charge in [-0.1, -0.05) is 27.7 Å². The summed E-state index contributed by atoms with van der Waals surface area (Å²) in [6.45, 7) is 6.89. The molecule has 7 N–H and O–H groups in total. The van der Waals surface area contributed by atoms with Gasteiger partial charge in [-0.05, 0) is 11.8 Å². The monoisotopic (exact) mass is 434 g/mol. The highest BCUT2D eigenvalue weighted by atomic mass is 32.1. The van der Waals surface area contributed by atoms with Gasteiger partial charge in [-0.3, -0.25) is 19.2 Å². The summed E-state index contributed by atoms with van der Waals surface area (Å²) < 4.78 is 0. The second-order valence-electron chi connectivity index (χ2n) is 7.24. The lowest BCUT2D eigenvalue weighted by Crippen LogP contribution is -2.59. The van der Waals surface area contributed by atoms with E-state index in [1.54, 1.807) is 27.7 Å². The van der Waals surface area contributed by atoms with Crippen molar-refractivity contribution in [3.05, 3.63) is 0 Å². The number of thiol groups is 1. The number of hydrogen-bond acceptors (Lipinski definition) is 7. The van der Waals surface area contributed by atoms with Crippen molar-refractivity contribution in [2.24, 2.45) is 17.6 Å². The minimum Gasteiger partial charge on any atom is -0.481 e. The number of rotatable bonds is 12. The molecule has 0 aromatic rings. The molecule has 0 rings (SSSR count). The van der Waals surface area contributed by atoms with Crippen LogP contribution in [-0.4, -0.2) is 69.8 Å². The quantitative estimate of drug-likeness (QED) is 0.182. The summed E-state index contributed by atoms with van der Waals surface area (Å²) >= 11 is 3.98. The minimum absolute atomic E-state index is 0.149. The highest BCUT2D eigenvalue weighted by molar-refractivity contribution is 7.80. The first-order chi connectivity index (χ1) is 13.3. The number of aliphatic carboxylic acids is 2. The summed E-state index contributed by atoms with van der Waals surface area (Å²) in [4.78, 5) is 58.9. The standard InChI is InChI=1S/C17H30N4O7S/c1-7(2)12(18)15(25)21-13(8(3)4)16(26)20-10(6-29)14(24)19-9(17(27)28)5-11(22)23/h7-10,12-13,29H,5-6,18H2,1-4H3,(H,19,24)(H,20,26)(H,21,25)(H,22,23)(H,27,28). The first kappa shape index (κ1) is 26.7. The van der Waals surface area contributed by atoms with E-state index < -0.39 is 60.2 Å². The summed E-state index contributed by atoms with van der Waals surface area (Å²) in [5.74, 6) is -5.70. The summed E-state index contributed by atoms with van der Waals surface area (Å²) in [5.41, 5.74) is 5.78. The zero-order valence-electron chi connectivity index (χ0n) is 16.8. The van der Waals surface area contributed by atoms with Crippen molar-refractivity contribution < 1.29 is 34.2 Å². The molecule has 0 aliphatic heterocycles.